The van der Waals surface area contributed by atoms with Crippen LogP contribution in [0, 0.1) is 5.82 Å². The second-order valence-corrected chi connectivity index (χ2v) is 5.08. The van der Waals surface area contributed by atoms with Gasteiger partial charge in [0.1, 0.15) is 5.82 Å². The molecule has 1 fully saturated rings. The van der Waals surface area contributed by atoms with Crippen molar-refractivity contribution in [2.75, 3.05) is 45.1 Å². The van der Waals surface area contributed by atoms with Crippen LogP contribution in [0.2, 0.25) is 0 Å². The molecule has 1 aliphatic heterocycles. The first kappa shape index (κ1) is 13.3. The zero-order chi connectivity index (χ0) is 13.0. The van der Waals surface area contributed by atoms with Crippen molar-refractivity contribution in [3.8, 4) is 0 Å². The van der Waals surface area contributed by atoms with E-state index < -0.39 is 0 Å². The van der Waals surface area contributed by atoms with Crippen LogP contribution in [0.25, 0.3) is 0 Å². The van der Waals surface area contributed by atoms with Gasteiger partial charge in [-0.1, -0.05) is 6.07 Å². The van der Waals surface area contributed by atoms with E-state index in [-0.39, 0.29) is 5.82 Å². The molecule has 3 nitrogen and oxygen atoms in total. The van der Waals surface area contributed by atoms with Crippen molar-refractivity contribution in [1.29, 1.82) is 0 Å². The number of hydrogen-bond acceptors (Lipinski definition) is 3. The lowest BCUT2D eigenvalue weighted by molar-refractivity contribution is 0.104. The summed E-state index contributed by atoms with van der Waals surface area (Å²) in [5, 5.41) is 3.27. The highest BCUT2D eigenvalue weighted by Crippen LogP contribution is 2.10. The molecule has 0 radical (unpaired) electrons. The number of rotatable bonds is 4. The van der Waals surface area contributed by atoms with Crippen LogP contribution in [-0.4, -0.2) is 55.6 Å². The van der Waals surface area contributed by atoms with E-state index in [1.807, 2.05) is 6.07 Å². The van der Waals surface area contributed by atoms with Gasteiger partial charge >= 0.3 is 0 Å². The van der Waals surface area contributed by atoms with E-state index >= 15 is 0 Å². The van der Waals surface area contributed by atoms with Gasteiger partial charge < -0.3 is 10.2 Å². The summed E-state index contributed by atoms with van der Waals surface area (Å²) in [6.07, 6.45) is 0. The Morgan fingerprint density at radius 2 is 2.22 bits per heavy atom. The third-order valence-corrected chi connectivity index (χ3v) is 3.52. The molecule has 0 aromatic heterocycles. The van der Waals surface area contributed by atoms with Gasteiger partial charge in [0, 0.05) is 44.5 Å². The summed E-state index contributed by atoms with van der Waals surface area (Å²) in [4.78, 5) is 4.84. The number of nitrogens with zero attached hydrogens (tertiary/aromatic N) is 2. The third kappa shape index (κ3) is 3.68. The molecule has 0 amide bonds. The standard InChI is InChI=1S/C14H22FN3/c1-12-11-17(2)8-9-18(12)7-6-16-14-5-3-4-13(15)10-14/h3-5,10,12,16H,6-9,11H2,1-2H3. The number of halogens is 1. The molecule has 1 atom stereocenters. The molecule has 1 heterocycles. The maximum atomic E-state index is 13.0. The topological polar surface area (TPSA) is 18.5 Å². The van der Waals surface area contributed by atoms with Gasteiger partial charge in [-0.05, 0) is 32.2 Å². The number of nitrogens with one attached hydrogen (secondary N) is 1. The van der Waals surface area contributed by atoms with Crippen LogP contribution >= 0.6 is 0 Å². The summed E-state index contributed by atoms with van der Waals surface area (Å²) in [5.41, 5.74) is 0.858. The first-order valence-corrected chi connectivity index (χ1v) is 6.57. The second kappa shape index (κ2) is 6.16. The average Bonchev–Trinajstić information content (AvgIpc) is 2.32. The largest absolute Gasteiger partial charge is 0.384 e. The van der Waals surface area contributed by atoms with Gasteiger partial charge in [-0.15, -0.1) is 0 Å². The van der Waals surface area contributed by atoms with Gasteiger partial charge in [0.25, 0.3) is 0 Å². The Hall–Kier alpha value is -1.13. The maximum absolute atomic E-state index is 13.0. The maximum Gasteiger partial charge on any atom is 0.125 e. The SMILES string of the molecule is CC1CN(C)CCN1CCNc1cccc(F)c1. The van der Waals surface area contributed by atoms with Gasteiger partial charge in [-0.25, -0.2) is 4.39 Å². The molecule has 0 saturated carbocycles. The molecule has 0 spiro atoms. The van der Waals surface area contributed by atoms with Gasteiger partial charge in [-0.2, -0.15) is 0 Å². The first-order chi connectivity index (χ1) is 8.65. The predicted octanol–water partition coefficient (Wildman–Crippen LogP) is 1.87. The van der Waals surface area contributed by atoms with E-state index in [0.29, 0.717) is 6.04 Å². The summed E-state index contributed by atoms with van der Waals surface area (Å²) in [7, 11) is 2.17. The molecule has 1 aliphatic rings. The second-order valence-electron chi connectivity index (χ2n) is 5.08. The molecular weight excluding hydrogens is 229 g/mol. The fourth-order valence-corrected chi connectivity index (χ4v) is 2.45. The van der Waals surface area contributed by atoms with Crippen LogP contribution in [0.3, 0.4) is 0 Å². The molecule has 2 rings (SSSR count). The van der Waals surface area contributed by atoms with Crippen LogP contribution in [0.1, 0.15) is 6.92 Å². The summed E-state index contributed by atoms with van der Waals surface area (Å²) in [6, 6.07) is 7.23. The molecule has 4 heteroatoms. The van der Waals surface area contributed by atoms with Crippen LogP contribution in [0.4, 0.5) is 10.1 Å². The first-order valence-electron chi connectivity index (χ1n) is 6.57. The molecule has 1 aromatic carbocycles. The van der Waals surface area contributed by atoms with E-state index in [0.717, 1.165) is 38.4 Å². The lowest BCUT2D eigenvalue weighted by Gasteiger charge is -2.38. The molecule has 100 valence electrons. The Kier molecular flexibility index (Phi) is 4.55. The lowest BCUT2D eigenvalue weighted by Crippen LogP contribution is -2.51. The monoisotopic (exact) mass is 251 g/mol. The summed E-state index contributed by atoms with van der Waals surface area (Å²) >= 11 is 0. The van der Waals surface area contributed by atoms with E-state index in [1.54, 1.807) is 6.07 Å². The minimum absolute atomic E-state index is 0.187. The lowest BCUT2D eigenvalue weighted by atomic mass is 10.2. The Bertz CT molecular complexity index is 383. The Morgan fingerprint density at radius 1 is 1.39 bits per heavy atom. The molecule has 1 saturated heterocycles. The van der Waals surface area contributed by atoms with Crippen molar-refractivity contribution >= 4 is 5.69 Å². The Balaban J connectivity index is 1.75. The van der Waals surface area contributed by atoms with E-state index in [4.69, 9.17) is 0 Å². The molecule has 0 bridgehead atoms. The van der Waals surface area contributed by atoms with Crippen molar-refractivity contribution in [3.63, 3.8) is 0 Å². The van der Waals surface area contributed by atoms with Gasteiger partial charge in [0.05, 0.1) is 0 Å². The number of anilines is 1. The van der Waals surface area contributed by atoms with Crippen molar-refractivity contribution < 1.29 is 4.39 Å². The van der Waals surface area contributed by atoms with Gasteiger partial charge in [-0.3, -0.25) is 4.90 Å². The van der Waals surface area contributed by atoms with Crippen molar-refractivity contribution in [2.45, 2.75) is 13.0 Å². The number of benzene rings is 1. The van der Waals surface area contributed by atoms with Crippen LogP contribution in [0.15, 0.2) is 24.3 Å². The molecule has 1 aromatic rings. The van der Waals surface area contributed by atoms with Gasteiger partial charge in [0.15, 0.2) is 0 Å². The summed E-state index contributed by atoms with van der Waals surface area (Å²) in [6.45, 7) is 7.49. The fraction of sp³-hybridized carbons (Fsp3) is 0.571. The molecule has 0 aliphatic carbocycles. The van der Waals surface area contributed by atoms with E-state index in [1.165, 1.54) is 12.1 Å². The van der Waals surface area contributed by atoms with Crippen LogP contribution < -0.4 is 5.32 Å². The Labute approximate surface area is 109 Å². The van der Waals surface area contributed by atoms with E-state index in [2.05, 4.69) is 29.1 Å². The molecule has 1 unspecified atom stereocenters. The highest BCUT2D eigenvalue weighted by atomic mass is 19.1. The Morgan fingerprint density at radius 3 is 2.94 bits per heavy atom. The smallest absolute Gasteiger partial charge is 0.125 e. The summed E-state index contributed by atoms with van der Waals surface area (Å²) in [5.74, 6) is -0.187. The predicted molar refractivity (Wildman–Crippen MR) is 73.4 cm³/mol. The summed E-state index contributed by atoms with van der Waals surface area (Å²) < 4.78 is 13.0. The van der Waals surface area contributed by atoms with Crippen molar-refractivity contribution in [3.05, 3.63) is 30.1 Å². The fourth-order valence-electron chi connectivity index (χ4n) is 2.45. The third-order valence-electron chi connectivity index (χ3n) is 3.52. The van der Waals surface area contributed by atoms with Crippen LogP contribution in [-0.2, 0) is 0 Å². The number of piperazine rings is 1. The molecule has 1 N–H and O–H groups in total. The van der Waals surface area contributed by atoms with Gasteiger partial charge in [0.2, 0.25) is 0 Å². The average molecular weight is 251 g/mol. The van der Waals surface area contributed by atoms with Crippen molar-refractivity contribution in [2.24, 2.45) is 0 Å². The zero-order valence-corrected chi connectivity index (χ0v) is 11.2. The zero-order valence-electron chi connectivity index (χ0n) is 11.2. The van der Waals surface area contributed by atoms with Crippen molar-refractivity contribution in [1.82, 2.24) is 9.80 Å². The number of hydrogen-bond donors (Lipinski definition) is 1. The molecular formula is C14H22FN3. The van der Waals surface area contributed by atoms with E-state index in [9.17, 15) is 4.39 Å². The molecule has 18 heavy (non-hydrogen) atoms. The highest BCUT2D eigenvalue weighted by Gasteiger charge is 2.20. The highest BCUT2D eigenvalue weighted by molar-refractivity contribution is 5.42. The van der Waals surface area contributed by atoms with Crippen LogP contribution in [0.5, 0.6) is 0 Å². The normalized spacial score (nSPS) is 22.1. The number of likely N-dealkylation sites (N-methyl/N-ethyl adjacent to an activating group) is 1. The minimum atomic E-state index is -0.187. The minimum Gasteiger partial charge on any atom is -0.384 e. The quantitative estimate of drug-likeness (QED) is 0.881.